The van der Waals surface area contributed by atoms with Gasteiger partial charge in [0.2, 0.25) is 11.3 Å². The molecule has 0 atom stereocenters. The van der Waals surface area contributed by atoms with Crippen LogP contribution in [0.25, 0.3) is 10.9 Å². The maximum absolute atomic E-state index is 12.3. The van der Waals surface area contributed by atoms with E-state index in [2.05, 4.69) is 10.4 Å². The van der Waals surface area contributed by atoms with E-state index in [1.165, 1.54) is 10.9 Å². The minimum absolute atomic E-state index is 0.0331. The molecule has 1 aliphatic heterocycles. The van der Waals surface area contributed by atoms with Crippen LogP contribution in [0.15, 0.2) is 53.5 Å². The topological polar surface area (TPSA) is 82.5 Å². The SMILES string of the molecule is O=C(Cn1ncc(=O)c2ccccc21)NCc1ccc2c(c1)OCCO2. The molecule has 26 heavy (non-hydrogen) atoms. The molecule has 0 spiro atoms. The Balaban J connectivity index is 1.45. The van der Waals surface area contributed by atoms with Crippen molar-refractivity contribution < 1.29 is 14.3 Å². The highest BCUT2D eigenvalue weighted by Gasteiger charge is 2.12. The van der Waals surface area contributed by atoms with E-state index in [1.807, 2.05) is 24.3 Å². The highest BCUT2D eigenvalue weighted by Crippen LogP contribution is 2.30. The minimum Gasteiger partial charge on any atom is -0.486 e. The summed E-state index contributed by atoms with van der Waals surface area (Å²) in [6, 6.07) is 12.7. The number of carbonyl (C=O) groups is 1. The van der Waals surface area contributed by atoms with Crippen molar-refractivity contribution in [2.45, 2.75) is 13.1 Å². The van der Waals surface area contributed by atoms with E-state index in [4.69, 9.17) is 9.47 Å². The second-order valence-corrected chi connectivity index (χ2v) is 5.94. The minimum atomic E-state index is -0.193. The van der Waals surface area contributed by atoms with Crippen molar-refractivity contribution in [1.29, 1.82) is 0 Å². The molecule has 1 amide bonds. The van der Waals surface area contributed by atoms with Gasteiger partial charge in [0.1, 0.15) is 19.8 Å². The molecule has 0 bridgehead atoms. The third-order valence-electron chi connectivity index (χ3n) is 4.15. The van der Waals surface area contributed by atoms with Crippen molar-refractivity contribution in [3.05, 3.63) is 64.4 Å². The van der Waals surface area contributed by atoms with E-state index < -0.39 is 0 Å². The number of nitrogens with zero attached hydrogens (tertiary/aromatic N) is 2. The predicted octanol–water partition coefficient (Wildman–Crippen LogP) is 1.48. The molecule has 7 nitrogen and oxygen atoms in total. The van der Waals surface area contributed by atoms with Crippen LogP contribution in [0, 0.1) is 0 Å². The monoisotopic (exact) mass is 351 g/mol. The Hall–Kier alpha value is -3.35. The van der Waals surface area contributed by atoms with Crippen LogP contribution in [0.3, 0.4) is 0 Å². The van der Waals surface area contributed by atoms with E-state index in [-0.39, 0.29) is 17.9 Å². The van der Waals surface area contributed by atoms with Crippen molar-refractivity contribution >= 4 is 16.8 Å². The van der Waals surface area contributed by atoms with Gasteiger partial charge in [-0.3, -0.25) is 14.3 Å². The van der Waals surface area contributed by atoms with Crippen LogP contribution in [0.5, 0.6) is 11.5 Å². The first-order chi connectivity index (χ1) is 12.7. The van der Waals surface area contributed by atoms with Crippen LogP contribution >= 0.6 is 0 Å². The van der Waals surface area contributed by atoms with Gasteiger partial charge in [-0.1, -0.05) is 18.2 Å². The third kappa shape index (κ3) is 3.23. The fourth-order valence-corrected chi connectivity index (χ4v) is 2.88. The second-order valence-electron chi connectivity index (χ2n) is 5.94. The number of fused-ring (bicyclic) bond motifs is 2. The summed E-state index contributed by atoms with van der Waals surface area (Å²) >= 11 is 0. The first kappa shape index (κ1) is 16.1. The first-order valence-corrected chi connectivity index (χ1v) is 8.31. The van der Waals surface area contributed by atoms with E-state index in [0.29, 0.717) is 36.4 Å². The fraction of sp³-hybridized carbons (Fsp3) is 0.211. The lowest BCUT2D eigenvalue weighted by Crippen LogP contribution is -2.28. The molecule has 0 radical (unpaired) electrons. The van der Waals surface area contributed by atoms with Gasteiger partial charge in [0.05, 0.1) is 11.7 Å². The smallest absolute Gasteiger partial charge is 0.242 e. The van der Waals surface area contributed by atoms with Crippen molar-refractivity contribution in [3.63, 3.8) is 0 Å². The highest BCUT2D eigenvalue weighted by molar-refractivity contribution is 5.81. The van der Waals surface area contributed by atoms with Gasteiger partial charge < -0.3 is 14.8 Å². The van der Waals surface area contributed by atoms with Crippen LogP contribution in [-0.4, -0.2) is 28.9 Å². The Bertz CT molecular complexity index is 1030. The molecule has 4 rings (SSSR count). The standard InChI is InChI=1S/C19H17N3O4/c23-16-11-21-22(15-4-2-1-3-14(15)16)12-19(24)20-10-13-5-6-17-18(9-13)26-8-7-25-17/h1-6,9,11H,7-8,10,12H2,(H,20,24). The van der Waals surface area contributed by atoms with Gasteiger partial charge >= 0.3 is 0 Å². The summed E-state index contributed by atoms with van der Waals surface area (Å²) in [4.78, 5) is 24.1. The molecule has 0 saturated carbocycles. The highest BCUT2D eigenvalue weighted by atomic mass is 16.6. The molecule has 0 aliphatic carbocycles. The van der Waals surface area contributed by atoms with Crippen molar-refractivity contribution in [3.8, 4) is 11.5 Å². The van der Waals surface area contributed by atoms with Gasteiger partial charge in [-0.2, -0.15) is 5.10 Å². The zero-order chi connectivity index (χ0) is 17.9. The maximum atomic E-state index is 12.3. The number of para-hydroxylation sites is 1. The van der Waals surface area contributed by atoms with Crippen molar-refractivity contribution in [2.75, 3.05) is 13.2 Å². The summed E-state index contributed by atoms with van der Waals surface area (Å²) in [7, 11) is 0. The Labute approximate surface area is 149 Å². The zero-order valence-electron chi connectivity index (χ0n) is 14.0. The second kappa shape index (κ2) is 6.87. The number of aromatic nitrogens is 2. The molecule has 3 aromatic rings. The summed E-state index contributed by atoms with van der Waals surface area (Å²) < 4.78 is 12.6. The number of hydrogen-bond acceptors (Lipinski definition) is 5. The van der Waals surface area contributed by atoms with Gasteiger partial charge in [0.15, 0.2) is 11.5 Å². The summed E-state index contributed by atoms with van der Waals surface area (Å²) in [6.07, 6.45) is 1.23. The predicted molar refractivity (Wildman–Crippen MR) is 95.3 cm³/mol. The zero-order valence-corrected chi connectivity index (χ0v) is 14.0. The summed E-state index contributed by atoms with van der Waals surface area (Å²) in [6.45, 7) is 1.47. The lowest BCUT2D eigenvalue weighted by atomic mass is 10.2. The lowest BCUT2D eigenvalue weighted by molar-refractivity contribution is -0.121. The number of amides is 1. The van der Waals surface area contributed by atoms with Gasteiger partial charge in [-0.05, 0) is 29.8 Å². The molecule has 7 heteroatoms. The normalized spacial score (nSPS) is 12.8. The number of rotatable bonds is 4. The Morgan fingerprint density at radius 2 is 1.92 bits per heavy atom. The lowest BCUT2D eigenvalue weighted by Gasteiger charge is -2.19. The van der Waals surface area contributed by atoms with Crippen LogP contribution in [-0.2, 0) is 17.9 Å². The van der Waals surface area contributed by atoms with Gasteiger partial charge in [0.25, 0.3) is 0 Å². The van der Waals surface area contributed by atoms with Crippen LogP contribution in [0.1, 0.15) is 5.56 Å². The molecule has 0 unspecified atom stereocenters. The first-order valence-electron chi connectivity index (χ1n) is 8.31. The quantitative estimate of drug-likeness (QED) is 0.770. The molecule has 1 N–H and O–H groups in total. The molecular formula is C19H17N3O4. The van der Waals surface area contributed by atoms with Crippen molar-refractivity contribution in [2.24, 2.45) is 0 Å². The average Bonchev–Trinajstić information content (AvgIpc) is 2.68. The summed E-state index contributed by atoms with van der Waals surface area (Å²) in [5, 5.41) is 7.47. The number of hydrogen-bond donors (Lipinski definition) is 1. The third-order valence-corrected chi connectivity index (χ3v) is 4.15. The van der Waals surface area contributed by atoms with E-state index in [9.17, 15) is 9.59 Å². The largest absolute Gasteiger partial charge is 0.486 e. The van der Waals surface area contributed by atoms with Crippen molar-refractivity contribution in [1.82, 2.24) is 15.1 Å². The molecular weight excluding hydrogens is 334 g/mol. The van der Waals surface area contributed by atoms with E-state index in [0.717, 1.165) is 11.3 Å². The number of benzene rings is 2. The molecule has 2 heterocycles. The Morgan fingerprint density at radius 1 is 1.12 bits per heavy atom. The molecule has 132 valence electrons. The molecule has 2 aromatic carbocycles. The summed E-state index contributed by atoms with van der Waals surface area (Å²) in [5.41, 5.74) is 1.39. The molecule has 1 aliphatic rings. The van der Waals surface area contributed by atoms with Gasteiger partial charge in [-0.15, -0.1) is 0 Å². The van der Waals surface area contributed by atoms with E-state index >= 15 is 0 Å². The van der Waals surface area contributed by atoms with Gasteiger partial charge in [0, 0.05) is 11.9 Å². The number of ether oxygens (including phenoxy) is 2. The molecule has 0 saturated heterocycles. The van der Waals surface area contributed by atoms with Crippen LogP contribution < -0.4 is 20.2 Å². The molecule has 0 fully saturated rings. The number of nitrogens with one attached hydrogen (secondary N) is 1. The van der Waals surface area contributed by atoms with Gasteiger partial charge in [-0.25, -0.2) is 0 Å². The molecule has 1 aromatic heterocycles. The fourth-order valence-electron chi connectivity index (χ4n) is 2.88. The maximum Gasteiger partial charge on any atom is 0.242 e. The average molecular weight is 351 g/mol. The van der Waals surface area contributed by atoms with Crippen LogP contribution in [0.2, 0.25) is 0 Å². The van der Waals surface area contributed by atoms with Crippen LogP contribution in [0.4, 0.5) is 0 Å². The summed E-state index contributed by atoms with van der Waals surface area (Å²) in [5.74, 6) is 1.22. The number of carbonyl (C=O) groups excluding carboxylic acids is 1. The Morgan fingerprint density at radius 3 is 2.81 bits per heavy atom. The van der Waals surface area contributed by atoms with E-state index in [1.54, 1.807) is 18.2 Å². The Kier molecular flexibility index (Phi) is 4.27.